The molecule has 17 heavy (non-hydrogen) atoms. The summed E-state index contributed by atoms with van der Waals surface area (Å²) in [5.74, 6) is 0. The molecule has 0 saturated heterocycles. The number of hydrogen-bond donors (Lipinski definition) is 1. The van der Waals surface area contributed by atoms with Crippen LogP contribution in [0.2, 0.25) is 0 Å². The highest BCUT2D eigenvalue weighted by Crippen LogP contribution is 2.32. The van der Waals surface area contributed by atoms with E-state index in [2.05, 4.69) is 10.3 Å². The molecule has 0 atom stereocenters. The number of nitrogens with one attached hydrogen (secondary N) is 1. The van der Waals surface area contributed by atoms with Gasteiger partial charge in [-0.2, -0.15) is 0 Å². The first-order chi connectivity index (χ1) is 8.11. The summed E-state index contributed by atoms with van der Waals surface area (Å²) in [6.45, 7) is 4.63. The molecule has 1 aromatic heterocycles. The average Bonchev–Trinajstić information content (AvgIpc) is 2.63. The lowest BCUT2D eigenvalue weighted by Crippen LogP contribution is -2.03. The van der Waals surface area contributed by atoms with E-state index in [0.717, 1.165) is 28.2 Å². The quantitative estimate of drug-likeness (QED) is 0.668. The van der Waals surface area contributed by atoms with E-state index in [1.807, 2.05) is 13.8 Å². The fourth-order valence-electron chi connectivity index (χ4n) is 1.63. The van der Waals surface area contributed by atoms with Crippen molar-refractivity contribution in [2.75, 3.05) is 11.9 Å². The lowest BCUT2D eigenvalue weighted by molar-refractivity contribution is -0.383. The number of aromatic nitrogens is 1. The highest BCUT2D eigenvalue weighted by Gasteiger charge is 2.16. The Hall–Kier alpha value is -1.69. The van der Waals surface area contributed by atoms with Crippen LogP contribution >= 0.6 is 11.3 Å². The Labute approximate surface area is 103 Å². The van der Waals surface area contributed by atoms with E-state index in [-0.39, 0.29) is 10.6 Å². The minimum atomic E-state index is -0.355. The molecule has 0 aliphatic rings. The molecule has 1 heterocycles. The molecule has 1 N–H and O–H groups in total. The Morgan fingerprint density at radius 3 is 2.94 bits per heavy atom. The smallest absolute Gasteiger partial charge is 0.293 e. The third-order valence-corrected chi connectivity index (χ3v) is 3.31. The number of fused-ring (bicyclic) bond motifs is 1. The minimum Gasteiger partial charge on any atom is -0.379 e. The summed E-state index contributed by atoms with van der Waals surface area (Å²) in [5.41, 5.74) is 1.49. The van der Waals surface area contributed by atoms with Crippen LogP contribution in [-0.2, 0) is 0 Å². The number of aryl methyl sites for hydroxylation is 1. The van der Waals surface area contributed by atoms with Crippen molar-refractivity contribution in [2.45, 2.75) is 20.3 Å². The summed E-state index contributed by atoms with van der Waals surface area (Å²) in [4.78, 5) is 15.0. The van der Waals surface area contributed by atoms with Gasteiger partial charge in [0.15, 0.2) is 0 Å². The number of nitro groups is 1. The van der Waals surface area contributed by atoms with Gasteiger partial charge in [-0.05, 0) is 19.4 Å². The lowest BCUT2D eigenvalue weighted by Gasteiger charge is -2.05. The Kier molecular flexibility index (Phi) is 3.23. The maximum atomic E-state index is 11.0. The molecule has 0 saturated carbocycles. The SMILES string of the molecule is CCCNc1cc2nc(C)sc2cc1[N+](=O)[O-]. The van der Waals surface area contributed by atoms with Gasteiger partial charge < -0.3 is 5.32 Å². The van der Waals surface area contributed by atoms with Crippen molar-refractivity contribution in [3.05, 3.63) is 27.3 Å². The van der Waals surface area contributed by atoms with Crippen molar-refractivity contribution in [3.8, 4) is 0 Å². The van der Waals surface area contributed by atoms with Crippen LogP contribution in [0.5, 0.6) is 0 Å². The van der Waals surface area contributed by atoms with E-state index in [4.69, 9.17) is 0 Å². The fourth-order valence-corrected chi connectivity index (χ4v) is 2.47. The Morgan fingerprint density at radius 1 is 1.53 bits per heavy atom. The van der Waals surface area contributed by atoms with Gasteiger partial charge >= 0.3 is 0 Å². The molecule has 0 spiro atoms. The zero-order valence-corrected chi connectivity index (χ0v) is 10.5. The van der Waals surface area contributed by atoms with Gasteiger partial charge in [0.25, 0.3) is 5.69 Å². The highest BCUT2D eigenvalue weighted by atomic mass is 32.1. The lowest BCUT2D eigenvalue weighted by atomic mass is 10.2. The van der Waals surface area contributed by atoms with Gasteiger partial charge in [-0.25, -0.2) is 4.98 Å². The van der Waals surface area contributed by atoms with Crippen molar-refractivity contribution in [1.82, 2.24) is 4.98 Å². The fraction of sp³-hybridized carbons (Fsp3) is 0.364. The van der Waals surface area contributed by atoms with Crippen LogP contribution in [0, 0.1) is 17.0 Å². The maximum absolute atomic E-state index is 11.0. The summed E-state index contributed by atoms with van der Waals surface area (Å²) in [7, 11) is 0. The third-order valence-electron chi connectivity index (χ3n) is 2.37. The van der Waals surface area contributed by atoms with Gasteiger partial charge in [-0.15, -0.1) is 11.3 Å². The monoisotopic (exact) mass is 251 g/mol. The predicted octanol–water partition coefficient (Wildman–Crippen LogP) is 3.33. The van der Waals surface area contributed by atoms with Crippen molar-refractivity contribution >= 4 is 32.9 Å². The molecule has 0 amide bonds. The number of rotatable bonds is 4. The molecule has 90 valence electrons. The summed E-state index contributed by atoms with van der Waals surface area (Å²) in [5, 5.41) is 15.0. The van der Waals surface area contributed by atoms with Crippen LogP contribution in [0.1, 0.15) is 18.4 Å². The van der Waals surface area contributed by atoms with E-state index in [0.29, 0.717) is 5.69 Å². The molecule has 5 nitrogen and oxygen atoms in total. The summed E-state index contributed by atoms with van der Waals surface area (Å²) in [6.07, 6.45) is 0.922. The van der Waals surface area contributed by atoms with E-state index >= 15 is 0 Å². The summed E-state index contributed by atoms with van der Waals surface area (Å²) in [6, 6.07) is 3.35. The minimum absolute atomic E-state index is 0.120. The van der Waals surface area contributed by atoms with E-state index in [1.54, 1.807) is 12.1 Å². The molecule has 0 fully saturated rings. The molecule has 2 aromatic rings. The van der Waals surface area contributed by atoms with Crippen molar-refractivity contribution in [2.24, 2.45) is 0 Å². The number of thiazole rings is 1. The number of nitro benzene ring substituents is 1. The van der Waals surface area contributed by atoms with Crippen molar-refractivity contribution < 1.29 is 4.92 Å². The number of benzene rings is 1. The number of anilines is 1. The van der Waals surface area contributed by atoms with Crippen LogP contribution in [0.15, 0.2) is 12.1 Å². The van der Waals surface area contributed by atoms with Crippen molar-refractivity contribution in [1.29, 1.82) is 0 Å². The molecule has 0 unspecified atom stereocenters. The first-order valence-corrected chi connectivity index (χ1v) is 6.23. The Balaban J connectivity index is 2.53. The average molecular weight is 251 g/mol. The van der Waals surface area contributed by atoms with E-state index in [1.165, 1.54) is 11.3 Å². The van der Waals surface area contributed by atoms with E-state index in [9.17, 15) is 10.1 Å². The van der Waals surface area contributed by atoms with Crippen LogP contribution in [0.3, 0.4) is 0 Å². The molecule has 0 radical (unpaired) electrons. The predicted molar refractivity (Wildman–Crippen MR) is 69.8 cm³/mol. The molecular weight excluding hydrogens is 238 g/mol. The molecule has 0 bridgehead atoms. The number of nitrogens with zero attached hydrogens (tertiary/aromatic N) is 2. The van der Waals surface area contributed by atoms with E-state index < -0.39 is 0 Å². The molecule has 0 aliphatic carbocycles. The first-order valence-electron chi connectivity index (χ1n) is 5.41. The number of hydrogen-bond acceptors (Lipinski definition) is 5. The molecule has 0 aliphatic heterocycles. The molecule has 2 rings (SSSR count). The standard InChI is InChI=1S/C11H13N3O2S/c1-3-4-12-8-5-9-11(17-7(2)13-9)6-10(8)14(15)16/h5-6,12H,3-4H2,1-2H3. The highest BCUT2D eigenvalue weighted by molar-refractivity contribution is 7.18. The third kappa shape index (κ3) is 2.36. The van der Waals surface area contributed by atoms with Gasteiger partial charge in [0.2, 0.25) is 0 Å². The molecule has 6 heteroatoms. The maximum Gasteiger partial charge on any atom is 0.293 e. The van der Waals surface area contributed by atoms with Crippen LogP contribution in [0.4, 0.5) is 11.4 Å². The topological polar surface area (TPSA) is 68.1 Å². The van der Waals surface area contributed by atoms with Crippen molar-refractivity contribution in [3.63, 3.8) is 0 Å². The van der Waals surface area contributed by atoms with Crippen LogP contribution < -0.4 is 5.32 Å². The second kappa shape index (κ2) is 4.67. The molecule has 1 aromatic carbocycles. The second-order valence-corrected chi connectivity index (χ2v) is 4.99. The van der Waals surface area contributed by atoms with Gasteiger partial charge in [0.1, 0.15) is 5.69 Å². The van der Waals surface area contributed by atoms with Crippen LogP contribution in [0.25, 0.3) is 10.2 Å². The second-order valence-electron chi connectivity index (χ2n) is 3.75. The van der Waals surface area contributed by atoms with Gasteiger partial charge in [0, 0.05) is 12.6 Å². The normalized spacial score (nSPS) is 10.7. The van der Waals surface area contributed by atoms with Crippen LogP contribution in [-0.4, -0.2) is 16.5 Å². The molecular formula is C11H13N3O2S. The zero-order chi connectivity index (χ0) is 12.4. The Morgan fingerprint density at radius 2 is 2.29 bits per heavy atom. The van der Waals surface area contributed by atoms with Gasteiger partial charge in [-0.1, -0.05) is 6.92 Å². The van der Waals surface area contributed by atoms with Gasteiger partial charge in [-0.3, -0.25) is 10.1 Å². The largest absolute Gasteiger partial charge is 0.379 e. The summed E-state index contributed by atoms with van der Waals surface area (Å²) >= 11 is 1.47. The first kappa shape index (κ1) is 11.8. The Bertz CT molecular complexity index is 565. The zero-order valence-electron chi connectivity index (χ0n) is 9.69. The summed E-state index contributed by atoms with van der Waals surface area (Å²) < 4.78 is 0.858. The van der Waals surface area contributed by atoms with Gasteiger partial charge in [0.05, 0.1) is 20.1 Å².